The summed E-state index contributed by atoms with van der Waals surface area (Å²) < 4.78 is 11.2. The van der Waals surface area contributed by atoms with Gasteiger partial charge < -0.3 is 14.5 Å². The number of hydrogen-bond donors (Lipinski definition) is 1. The molecule has 1 N–H and O–H groups in total. The van der Waals surface area contributed by atoms with E-state index in [1.807, 2.05) is 30.3 Å². The normalized spacial score (nSPS) is 11.2. The minimum absolute atomic E-state index is 0.431. The molecule has 0 aliphatic rings. The molecule has 2 rings (SSSR count). The van der Waals surface area contributed by atoms with Crippen LogP contribution >= 0.6 is 11.6 Å². The Hall–Kier alpha value is -1.29. The summed E-state index contributed by atoms with van der Waals surface area (Å²) in [5.41, 5.74) is 2.16. The zero-order valence-corrected chi connectivity index (χ0v) is 12.6. The first-order chi connectivity index (χ1) is 9.65. The van der Waals surface area contributed by atoms with Crippen molar-refractivity contribution in [3.8, 4) is 0 Å². The standard InChI is InChI=1S/C16H20ClNO2/c1-12(2)18-9-16-14(6-7-20-16)11-19-10-13-4-3-5-15(17)8-13/h3-8,12,18H,9-11H2,1-2H3. The van der Waals surface area contributed by atoms with E-state index in [4.69, 9.17) is 20.8 Å². The first kappa shape index (κ1) is 15.1. The van der Waals surface area contributed by atoms with Crippen LogP contribution in [0.25, 0.3) is 0 Å². The fourth-order valence-corrected chi connectivity index (χ4v) is 2.07. The molecule has 20 heavy (non-hydrogen) atoms. The molecule has 0 unspecified atom stereocenters. The number of furan rings is 1. The molecule has 0 amide bonds. The van der Waals surface area contributed by atoms with Crippen LogP contribution < -0.4 is 5.32 Å². The molecule has 0 spiro atoms. The first-order valence-corrected chi connectivity index (χ1v) is 7.14. The summed E-state index contributed by atoms with van der Waals surface area (Å²) >= 11 is 5.94. The highest BCUT2D eigenvalue weighted by molar-refractivity contribution is 6.30. The second-order valence-electron chi connectivity index (χ2n) is 5.03. The SMILES string of the molecule is CC(C)NCc1occc1COCc1cccc(Cl)c1. The molecule has 0 aliphatic heterocycles. The van der Waals surface area contributed by atoms with E-state index in [1.165, 1.54) is 0 Å². The smallest absolute Gasteiger partial charge is 0.123 e. The van der Waals surface area contributed by atoms with Crippen molar-refractivity contribution in [1.82, 2.24) is 5.32 Å². The third-order valence-electron chi connectivity index (χ3n) is 2.92. The van der Waals surface area contributed by atoms with E-state index in [1.54, 1.807) is 6.26 Å². The molecule has 0 saturated heterocycles. The topological polar surface area (TPSA) is 34.4 Å². The molecule has 0 aliphatic carbocycles. The summed E-state index contributed by atoms with van der Waals surface area (Å²) in [5, 5.41) is 4.07. The molecule has 3 nitrogen and oxygen atoms in total. The van der Waals surface area contributed by atoms with Crippen molar-refractivity contribution in [2.75, 3.05) is 0 Å². The van der Waals surface area contributed by atoms with E-state index in [0.29, 0.717) is 19.3 Å². The van der Waals surface area contributed by atoms with Gasteiger partial charge in [0.15, 0.2) is 0 Å². The molecule has 0 atom stereocenters. The Bertz CT molecular complexity index is 537. The van der Waals surface area contributed by atoms with Crippen LogP contribution in [0.15, 0.2) is 41.0 Å². The summed E-state index contributed by atoms with van der Waals surface area (Å²) in [5.74, 6) is 0.935. The van der Waals surface area contributed by atoms with E-state index in [2.05, 4.69) is 19.2 Å². The van der Waals surface area contributed by atoms with Crippen LogP contribution in [-0.2, 0) is 24.5 Å². The van der Waals surface area contributed by atoms with Gasteiger partial charge in [-0.1, -0.05) is 37.6 Å². The lowest BCUT2D eigenvalue weighted by Gasteiger charge is -2.08. The molecule has 1 heterocycles. The largest absolute Gasteiger partial charge is 0.468 e. The number of nitrogens with one attached hydrogen (secondary N) is 1. The second kappa shape index (κ2) is 7.48. The lowest BCUT2D eigenvalue weighted by atomic mass is 10.2. The molecule has 1 aromatic heterocycles. The van der Waals surface area contributed by atoms with E-state index in [-0.39, 0.29) is 0 Å². The van der Waals surface area contributed by atoms with Gasteiger partial charge in [0.2, 0.25) is 0 Å². The summed E-state index contributed by atoms with van der Waals surface area (Å²) in [6, 6.07) is 10.1. The molecular weight excluding hydrogens is 274 g/mol. The van der Waals surface area contributed by atoms with Crippen molar-refractivity contribution >= 4 is 11.6 Å². The van der Waals surface area contributed by atoms with Crippen LogP contribution in [-0.4, -0.2) is 6.04 Å². The Morgan fingerprint density at radius 1 is 1.25 bits per heavy atom. The second-order valence-corrected chi connectivity index (χ2v) is 5.46. The Kier molecular flexibility index (Phi) is 5.65. The fraction of sp³-hybridized carbons (Fsp3) is 0.375. The van der Waals surface area contributed by atoms with Crippen molar-refractivity contribution < 1.29 is 9.15 Å². The van der Waals surface area contributed by atoms with Crippen LogP contribution in [0, 0.1) is 0 Å². The Morgan fingerprint density at radius 3 is 2.85 bits per heavy atom. The Balaban J connectivity index is 1.83. The van der Waals surface area contributed by atoms with E-state index in [9.17, 15) is 0 Å². The van der Waals surface area contributed by atoms with Gasteiger partial charge in [-0.25, -0.2) is 0 Å². The van der Waals surface area contributed by atoms with Crippen molar-refractivity contribution in [2.45, 2.75) is 39.6 Å². The fourth-order valence-electron chi connectivity index (χ4n) is 1.85. The van der Waals surface area contributed by atoms with Gasteiger partial charge in [0.1, 0.15) is 5.76 Å². The average molecular weight is 294 g/mol. The third-order valence-corrected chi connectivity index (χ3v) is 3.16. The monoisotopic (exact) mass is 293 g/mol. The van der Waals surface area contributed by atoms with Gasteiger partial charge in [-0.05, 0) is 23.8 Å². The average Bonchev–Trinajstić information content (AvgIpc) is 2.84. The number of hydrogen-bond acceptors (Lipinski definition) is 3. The number of rotatable bonds is 7. The zero-order chi connectivity index (χ0) is 14.4. The van der Waals surface area contributed by atoms with E-state index >= 15 is 0 Å². The van der Waals surface area contributed by atoms with Crippen LogP contribution in [0.1, 0.15) is 30.7 Å². The lowest BCUT2D eigenvalue weighted by Crippen LogP contribution is -2.22. The minimum atomic E-state index is 0.431. The highest BCUT2D eigenvalue weighted by Gasteiger charge is 2.07. The molecule has 108 valence electrons. The summed E-state index contributed by atoms with van der Waals surface area (Å²) in [6.45, 7) is 6.03. The van der Waals surface area contributed by atoms with Crippen molar-refractivity contribution in [2.24, 2.45) is 0 Å². The van der Waals surface area contributed by atoms with Crippen molar-refractivity contribution in [1.29, 1.82) is 0 Å². The lowest BCUT2D eigenvalue weighted by molar-refractivity contribution is 0.106. The molecule has 0 radical (unpaired) electrons. The molecule has 0 fully saturated rings. The van der Waals surface area contributed by atoms with Crippen LogP contribution in [0.2, 0.25) is 5.02 Å². The highest BCUT2D eigenvalue weighted by Crippen LogP contribution is 2.15. The third kappa shape index (κ3) is 4.67. The van der Waals surface area contributed by atoms with Gasteiger partial charge in [-0.2, -0.15) is 0 Å². The quantitative estimate of drug-likeness (QED) is 0.833. The Morgan fingerprint density at radius 2 is 2.10 bits per heavy atom. The van der Waals surface area contributed by atoms with Crippen LogP contribution in [0.5, 0.6) is 0 Å². The van der Waals surface area contributed by atoms with Gasteiger partial charge >= 0.3 is 0 Å². The molecular formula is C16H20ClNO2. The zero-order valence-electron chi connectivity index (χ0n) is 11.9. The van der Waals surface area contributed by atoms with E-state index in [0.717, 1.165) is 28.5 Å². The highest BCUT2D eigenvalue weighted by atomic mass is 35.5. The predicted molar refractivity (Wildman–Crippen MR) is 80.6 cm³/mol. The molecule has 0 saturated carbocycles. The van der Waals surface area contributed by atoms with Crippen molar-refractivity contribution in [3.63, 3.8) is 0 Å². The summed E-state index contributed by atoms with van der Waals surface area (Å²) in [6.07, 6.45) is 1.70. The minimum Gasteiger partial charge on any atom is -0.468 e. The molecule has 2 aromatic rings. The maximum absolute atomic E-state index is 5.94. The molecule has 0 bridgehead atoms. The number of benzene rings is 1. The number of halogens is 1. The molecule has 1 aromatic carbocycles. The van der Waals surface area contributed by atoms with Gasteiger partial charge in [-0.3, -0.25) is 0 Å². The van der Waals surface area contributed by atoms with Crippen molar-refractivity contribution in [3.05, 3.63) is 58.5 Å². The van der Waals surface area contributed by atoms with Gasteiger partial charge in [0.25, 0.3) is 0 Å². The molecule has 4 heteroatoms. The van der Waals surface area contributed by atoms with Crippen LogP contribution in [0.3, 0.4) is 0 Å². The van der Waals surface area contributed by atoms with Gasteiger partial charge in [-0.15, -0.1) is 0 Å². The van der Waals surface area contributed by atoms with Gasteiger partial charge in [0.05, 0.1) is 26.0 Å². The van der Waals surface area contributed by atoms with Crippen LogP contribution in [0.4, 0.5) is 0 Å². The number of ether oxygens (including phenoxy) is 1. The predicted octanol–water partition coefficient (Wildman–Crippen LogP) is 4.15. The Labute approximate surface area is 124 Å². The van der Waals surface area contributed by atoms with Gasteiger partial charge in [0, 0.05) is 16.6 Å². The maximum Gasteiger partial charge on any atom is 0.123 e. The maximum atomic E-state index is 5.94. The summed E-state index contributed by atoms with van der Waals surface area (Å²) in [7, 11) is 0. The van der Waals surface area contributed by atoms with E-state index < -0.39 is 0 Å². The summed E-state index contributed by atoms with van der Waals surface area (Å²) in [4.78, 5) is 0. The first-order valence-electron chi connectivity index (χ1n) is 6.76.